The lowest BCUT2D eigenvalue weighted by atomic mass is 10.2. The molecule has 0 aromatic heterocycles. The lowest BCUT2D eigenvalue weighted by Gasteiger charge is -2.32. The van der Waals surface area contributed by atoms with Crippen LogP contribution in [-0.2, 0) is 4.79 Å². The standard InChI is InChI=1S/C19H31N3O3/c1-4-16(25-18-9-6-5-8-17(18)24-3)19(23)20-10-7-11-22-14-12-21(2)13-15-22/h5-6,8-9,16H,4,7,10-15H2,1-3H3,(H,20,23)/t16-/m1/s1. The van der Waals surface area contributed by atoms with E-state index in [0.29, 0.717) is 24.5 Å². The third-order valence-corrected chi connectivity index (χ3v) is 4.55. The Balaban J connectivity index is 1.72. The molecule has 0 saturated carbocycles. The molecule has 1 atom stereocenters. The molecule has 1 aliphatic heterocycles. The van der Waals surface area contributed by atoms with Gasteiger partial charge in [-0.2, -0.15) is 0 Å². The third-order valence-electron chi connectivity index (χ3n) is 4.55. The lowest BCUT2D eigenvalue weighted by Crippen LogP contribution is -2.45. The first kappa shape index (κ1) is 19.5. The topological polar surface area (TPSA) is 54.0 Å². The zero-order valence-corrected chi connectivity index (χ0v) is 15.7. The zero-order chi connectivity index (χ0) is 18.1. The molecule has 6 nitrogen and oxygen atoms in total. The average molecular weight is 349 g/mol. The second-order valence-electron chi connectivity index (χ2n) is 6.46. The minimum absolute atomic E-state index is 0.0632. The average Bonchev–Trinajstić information content (AvgIpc) is 2.64. The molecule has 1 aromatic carbocycles. The molecule has 0 radical (unpaired) electrons. The maximum atomic E-state index is 12.4. The molecule has 1 heterocycles. The van der Waals surface area contributed by atoms with E-state index in [1.807, 2.05) is 31.2 Å². The van der Waals surface area contributed by atoms with Gasteiger partial charge in [0, 0.05) is 32.7 Å². The molecule has 140 valence electrons. The summed E-state index contributed by atoms with van der Waals surface area (Å²) in [4.78, 5) is 17.2. The van der Waals surface area contributed by atoms with Gasteiger partial charge in [-0.15, -0.1) is 0 Å². The summed E-state index contributed by atoms with van der Waals surface area (Å²) in [5.74, 6) is 1.18. The first-order valence-corrected chi connectivity index (χ1v) is 9.12. The number of nitrogens with one attached hydrogen (secondary N) is 1. The van der Waals surface area contributed by atoms with Crippen molar-refractivity contribution >= 4 is 5.91 Å². The third kappa shape index (κ3) is 6.21. The van der Waals surface area contributed by atoms with Crippen molar-refractivity contribution in [2.24, 2.45) is 0 Å². The number of rotatable bonds is 9. The number of methoxy groups -OCH3 is 1. The van der Waals surface area contributed by atoms with Crippen molar-refractivity contribution in [2.45, 2.75) is 25.9 Å². The van der Waals surface area contributed by atoms with E-state index in [-0.39, 0.29) is 5.91 Å². The molecule has 0 aliphatic carbocycles. The van der Waals surface area contributed by atoms with E-state index in [1.165, 1.54) is 0 Å². The highest BCUT2D eigenvalue weighted by atomic mass is 16.5. The normalized spacial score (nSPS) is 17.1. The number of hydrogen-bond donors (Lipinski definition) is 1. The van der Waals surface area contributed by atoms with E-state index in [0.717, 1.165) is 39.1 Å². The first-order chi connectivity index (χ1) is 12.1. The summed E-state index contributed by atoms with van der Waals surface area (Å²) in [5, 5.41) is 3.00. The quantitative estimate of drug-likeness (QED) is 0.687. The first-order valence-electron chi connectivity index (χ1n) is 9.12. The summed E-state index contributed by atoms with van der Waals surface area (Å²) in [6.45, 7) is 8.12. The largest absolute Gasteiger partial charge is 0.493 e. The molecule has 1 N–H and O–H groups in total. The molecule has 0 bridgehead atoms. The molecular formula is C19H31N3O3. The Bertz CT molecular complexity index is 530. The summed E-state index contributed by atoms with van der Waals surface area (Å²) in [6, 6.07) is 7.40. The number of piperazine rings is 1. The monoisotopic (exact) mass is 349 g/mol. The van der Waals surface area contributed by atoms with E-state index in [2.05, 4.69) is 22.2 Å². The van der Waals surface area contributed by atoms with Crippen LogP contribution in [0.4, 0.5) is 0 Å². The van der Waals surface area contributed by atoms with Gasteiger partial charge in [-0.1, -0.05) is 19.1 Å². The van der Waals surface area contributed by atoms with Crippen LogP contribution in [0, 0.1) is 0 Å². The number of amides is 1. The summed E-state index contributed by atoms with van der Waals surface area (Å²) in [7, 11) is 3.76. The second-order valence-corrected chi connectivity index (χ2v) is 6.46. The fourth-order valence-electron chi connectivity index (χ4n) is 2.89. The van der Waals surface area contributed by atoms with Gasteiger partial charge in [-0.25, -0.2) is 0 Å². The summed E-state index contributed by atoms with van der Waals surface area (Å²) in [5.41, 5.74) is 0. The van der Waals surface area contributed by atoms with Crippen LogP contribution in [0.2, 0.25) is 0 Å². The molecule has 6 heteroatoms. The van der Waals surface area contributed by atoms with Gasteiger partial charge < -0.3 is 24.6 Å². The fraction of sp³-hybridized carbons (Fsp3) is 0.632. The number of benzene rings is 1. The highest BCUT2D eigenvalue weighted by molar-refractivity contribution is 5.81. The maximum absolute atomic E-state index is 12.4. The molecule has 1 aromatic rings. The molecule has 0 spiro atoms. The van der Waals surface area contributed by atoms with Gasteiger partial charge in [0.05, 0.1) is 7.11 Å². The van der Waals surface area contributed by atoms with E-state index in [1.54, 1.807) is 7.11 Å². The summed E-state index contributed by atoms with van der Waals surface area (Å²) < 4.78 is 11.1. The number of carbonyl (C=O) groups excluding carboxylic acids is 1. The van der Waals surface area contributed by atoms with Crippen molar-refractivity contribution in [3.05, 3.63) is 24.3 Å². The van der Waals surface area contributed by atoms with E-state index < -0.39 is 6.10 Å². The Kier molecular flexibility index (Phi) is 8.01. The SMILES string of the molecule is CC[C@@H](Oc1ccccc1OC)C(=O)NCCCN1CCN(C)CC1. The van der Waals surface area contributed by atoms with Crippen LogP contribution in [0.15, 0.2) is 24.3 Å². The van der Waals surface area contributed by atoms with E-state index in [4.69, 9.17) is 9.47 Å². The van der Waals surface area contributed by atoms with Crippen molar-refractivity contribution in [2.75, 3.05) is 53.4 Å². The van der Waals surface area contributed by atoms with Crippen molar-refractivity contribution in [1.29, 1.82) is 0 Å². The van der Waals surface area contributed by atoms with Crippen molar-refractivity contribution in [3.8, 4) is 11.5 Å². The number of hydrogen-bond acceptors (Lipinski definition) is 5. The molecule has 1 fully saturated rings. The maximum Gasteiger partial charge on any atom is 0.261 e. The number of nitrogens with zero attached hydrogens (tertiary/aromatic N) is 2. The van der Waals surface area contributed by atoms with E-state index in [9.17, 15) is 4.79 Å². The number of likely N-dealkylation sites (N-methyl/N-ethyl adjacent to an activating group) is 1. The predicted octanol–water partition coefficient (Wildman–Crippen LogP) is 1.61. The van der Waals surface area contributed by atoms with Gasteiger partial charge in [0.2, 0.25) is 0 Å². The Morgan fingerprint density at radius 3 is 2.52 bits per heavy atom. The molecule has 1 aliphatic rings. The Hall–Kier alpha value is -1.79. The minimum atomic E-state index is -0.500. The van der Waals surface area contributed by atoms with Crippen LogP contribution >= 0.6 is 0 Å². The lowest BCUT2D eigenvalue weighted by molar-refractivity contribution is -0.128. The number of carbonyl (C=O) groups is 1. The van der Waals surface area contributed by atoms with Crippen LogP contribution < -0.4 is 14.8 Å². The zero-order valence-electron chi connectivity index (χ0n) is 15.7. The fourth-order valence-corrected chi connectivity index (χ4v) is 2.89. The van der Waals surface area contributed by atoms with Crippen LogP contribution in [0.5, 0.6) is 11.5 Å². The van der Waals surface area contributed by atoms with Gasteiger partial charge in [0.1, 0.15) is 0 Å². The highest BCUT2D eigenvalue weighted by Crippen LogP contribution is 2.27. The summed E-state index contributed by atoms with van der Waals surface area (Å²) >= 11 is 0. The van der Waals surface area contributed by atoms with E-state index >= 15 is 0 Å². The minimum Gasteiger partial charge on any atom is -0.493 e. The Labute approximate surface area is 151 Å². The smallest absolute Gasteiger partial charge is 0.261 e. The van der Waals surface area contributed by atoms with Crippen LogP contribution in [-0.4, -0.2) is 75.2 Å². The predicted molar refractivity (Wildman–Crippen MR) is 99.3 cm³/mol. The van der Waals surface area contributed by atoms with Gasteiger partial charge in [0.25, 0.3) is 5.91 Å². The highest BCUT2D eigenvalue weighted by Gasteiger charge is 2.20. The summed E-state index contributed by atoms with van der Waals surface area (Å²) in [6.07, 6.45) is 1.07. The Morgan fingerprint density at radius 1 is 1.20 bits per heavy atom. The van der Waals surface area contributed by atoms with Gasteiger partial charge >= 0.3 is 0 Å². The molecule has 2 rings (SSSR count). The van der Waals surface area contributed by atoms with Gasteiger partial charge in [0.15, 0.2) is 17.6 Å². The van der Waals surface area contributed by atoms with Crippen LogP contribution in [0.1, 0.15) is 19.8 Å². The molecule has 1 saturated heterocycles. The van der Waals surface area contributed by atoms with Crippen molar-refractivity contribution < 1.29 is 14.3 Å². The molecule has 1 amide bonds. The van der Waals surface area contributed by atoms with Gasteiger partial charge in [-0.05, 0) is 38.6 Å². The molecular weight excluding hydrogens is 318 g/mol. The van der Waals surface area contributed by atoms with Gasteiger partial charge in [-0.3, -0.25) is 4.79 Å². The Morgan fingerprint density at radius 2 is 1.88 bits per heavy atom. The van der Waals surface area contributed by atoms with Crippen LogP contribution in [0.25, 0.3) is 0 Å². The number of ether oxygens (including phenoxy) is 2. The van der Waals surface area contributed by atoms with Crippen molar-refractivity contribution in [1.82, 2.24) is 15.1 Å². The molecule has 0 unspecified atom stereocenters. The van der Waals surface area contributed by atoms with Crippen LogP contribution in [0.3, 0.4) is 0 Å². The molecule has 25 heavy (non-hydrogen) atoms. The second kappa shape index (κ2) is 10.3. The number of para-hydroxylation sites is 2. The van der Waals surface area contributed by atoms with Crippen molar-refractivity contribution in [3.63, 3.8) is 0 Å².